The molecule has 0 bridgehead atoms. The number of nitrogens with one attached hydrogen (secondary N) is 2. The Labute approximate surface area is 214 Å². The van der Waals surface area contributed by atoms with Gasteiger partial charge < -0.3 is 20.3 Å². The zero-order valence-corrected chi connectivity index (χ0v) is 21.9. The molecule has 0 atom stereocenters. The molecule has 0 aliphatic carbocycles. The molecule has 0 radical (unpaired) electrons. The Balaban J connectivity index is 1.71. The number of benzene rings is 2. The van der Waals surface area contributed by atoms with E-state index < -0.39 is 5.41 Å². The molecule has 1 aliphatic rings. The number of aliphatic hydroxyl groups is 1. The summed E-state index contributed by atoms with van der Waals surface area (Å²) in [6.45, 7) is 11.6. The monoisotopic (exact) mass is 486 g/mol. The minimum atomic E-state index is -0.433. The summed E-state index contributed by atoms with van der Waals surface area (Å²) in [5.74, 6) is 0. The minimum absolute atomic E-state index is 0.225. The predicted octanol–water partition coefficient (Wildman–Crippen LogP) is 4.99. The number of fused-ring (bicyclic) bond motifs is 1. The number of aromatic nitrogens is 1. The molecule has 0 spiro atoms. The highest BCUT2D eigenvalue weighted by atomic mass is 16.3. The number of aromatic amines is 1. The average molecular weight is 487 g/mol. The number of nitrogens with zero attached hydrogens (tertiary/aromatic N) is 2. The molecular formula is C30H38N4O2. The maximum absolute atomic E-state index is 12.3. The lowest BCUT2D eigenvalue weighted by atomic mass is 9.76. The van der Waals surface area contributed by atoms with Gasteiger partial charge in [0.2, 0.25) is 0 Å². The molecule has 1 aliphatic heterocycles. The Hall–Kier alpha value is -3.14. The number of anilines is 1. The fourth-order valence-corrected chi connectivity index (χ4v) is 5.75. The third-order valence-electron chi connectivity index (χ3n) is 7.85. The summed E-state index contributed by atoms with van der Waals surface area (Å²) >= 11 is 0. The van der Waals surface area contributed by atoms with Crippen LogP contribution in [0.15, 0.2) is 30.3 Å². The van der Waals surface area contributed by atoms with Gasteiger partial charge in [0.1, 0.15) is 6.29 Å². The molecule has 0 saturated carbocycles. The van der Waals surface area contributed by atoms with Crippen molar-refractivity contribution in [1.29, 1.82) is 5.26 Å². The van der Waals surface area contributed by atoms with Crippen LogP contribution in [-0.4, -0.2) is 48.7 Å². The summed E-state index contributed by atoms with van der Waals surface area (Å²) in [5.41, 5.74) is 7.53. The average Bonchev–Trinajstić information content (AvgIpc) is 3.24. The molecule has 6 nitrogen and oxygen atoms in total. The van der Waals surface area contributed by atoms with Crippen LogP contribution in [0.4, 0.5) is 5.69 Å². The van der Waals surface area contributed by atoms with Crippen LogP contribution >= 0.6 is 0 Å². The topological polar surface area (TPSA) is 92.2 Å². The summed E-state index contributed by atoms with van der Waals surface area (Å²) in [6, 6.07) is 12.8. The Morgan fingerprint density at radius 3 is 2.64 bits per heavy atom. The number of aldehydes is 1. The van der Waals surface area contributed by atoms with Crippen LogP contribution < -0.4 is 10.2 Å². The Morgan fingerprint density at radius 2 is 2.00 bits per heavy atom. The molecule has 2 heterocycles. The highest BCUT2D eigenvalue weighted by molar-refractivity contribution is 5.87. The normalized spacial score (nSPS) is 14.8. The van der Waals surface area contributed by atoms with Gasteiger partial charge in [0.05, 0.1) is 11.6 Å². The number of carbonyl (C=O) groups is 1. The summed E-state index contributed by atoms with van der Waals surface area (Å²) in [4.78, 5) is 18.3. The molecule has 1 fully saturated rings. The number of carbonyl (C=O) groups excluding carboxylic acids is 1. The van der Waals surface area contributed by atoms with Crippen molar-refractivity contribution in [3.05, 3.63) is 63.8 Å². The second-order valence-corrected chi connectivity index (χ2v) is 10.5. The van der Waals surface area contributed by atoms with Crippen LogP contribution in [0.25, 0.3) is 10.9 Å². The van der Waals surface area contributed by atoms with E-state index >= 15 is 0 Å². The quantitative estimate of drug-likeness (QED) is 0.293. The van der Waals surface area contributed by atoms with Gasteiger partial charge in [-0.15, -0.1) is 0 Å². The van der Waals surface area contributed by atoms with Crippen LogP contribution in [0.3, 0.4) is 0 Å². The van der Waals surface area contributed by atoms with Gasteiger partial charge in [-0.1, -0.05) is 26.8 Å². The smallest absolute Gasteiger partial charge is 0.150 e. The number of rotatable bonds is 9. The van der Waals surface area contributed by atoms with Crippen molar-refractivity contribution in [2.45, 2.75) is 64.8 Å². The first-order valence-corrected chi connectivity index (χ1v) is 13.1. The molecular weight excluding hydrogens is 448 g/mol. The lowest BCUT2D eigenvalue weighted by Crippen LogP contribution is -2.43. The van der Waals surface area contributed by atoms with E-state index in [1.165, 1.54) is 11.3 Å². The van der Waals surface area contributed by atoms with Crippen molar-refractivity contribution in [2.24, 2.45) is 0 Å². The second-order valence-electron chi connectivity index (χ2n) is 10.5. The lowest BCUT2D eigenvalue weighted by molar-refractivity contribution is 0.112. The third-order valence-corrected chi connectivity index (χ3v) is 7.85. The third kappa shape index (κ3) is 4.91. The predicted molar refractivity (Wildman–Crippen MR) is 146 cm³/mol. The summed E-state index contributed by atoms with van der Waals surface area (Å²) in [5, 5.41) is 23.1. The molecule has 6 heteroatoms. The van der Waals surface area contributed by atoms with E-state index in [4.69, 9.17) is 5.11 Å². The number of piperidine rings is 1. The van der Waals surface area contributed by atoms with Gasteiger partial charge >= 0.3 is 0 Å². The van der Waals surface area contributed by atoms with Crippen molar-refractivity contribution in [1.82, 2.24) is 10.3 Å². The van der Waals surface area contributed by atoms with Crippen molar-refractivity contribution in [3.8, 4) is 6.07 Å². The molecule has 3 aromatic rings. The van der Waals surface area contributed by atoms with Gasteiger partial charge in [-0.2, -0.15) is 5.26 Å². The molecule has 190 valence electrons. The molecule has 3 N–H and O–H groups in total. The summed E-state index contributed by atoms with van der Waals surface area (Å²) < 4.78 is 0. The van der Waals surface area contributed by atoms with Crippen LogP contribution in [0.2, 0.25) is 0 Å². The zero-order chi connectivity index (χ0) is 25.9. The fourth-order valence-electron chi connectivity index (χ4n) is 5.75. The van der Waals surface area contributed by atoms with Gasteiger partial charge in [-0.3, -0.25) is 4.79 Å². The van der Waals surface area contributed by atoms with Crippen LogP contribution in [0.5, 0.6) is 0 Å². The molecule has 2 aromatic carbocycles. The fraction of sp³-hybridized carbons (Fsp3) is 0.467. The first-order chi connectivity index (χ1) is 17.3. The number of aryl methyl sites for hydroxylation is 2. The molecule has 4 rings (SSSR count). The lowest BCUT2D eigenvalue weighted by Gasteiger charge is -2.37. The van der Waals surface area contributed by atoms with E-state index in [9.17, 15) is 10.1 Å². The number of nitriles is 1. The summed E-state index contributed by atoms with van der Waals surface area (Å²) in [7, 11) is 0. The highest BCUT2D eigenvalue weighted by Gasteiger charge is 2.32. The van der Waals surface area contributed by atoms with Crippen LogP contribution in [-0.2, 0) is 11.8 Å². The van der Waals surface area contributed by atoms with E-state index in [-0.39, 0.29) is 6.61 Å². The first kappa shape index (κ1) is 25.9. The van der Waals surface area contributed by atoms with Gasteiger partial charge in [0.15, 0.2) is 0 Å². The Kier molecular flexibility index (Phi) is 7.82. The maximum atomic E-state index is 12.3. The molecule has 1 saturated heterocycles. The van der Waals surface area contributed by atoms with E-state index in [1.54, 1.807) is 0 Å². The maximum Gasteiger partial charge on any atom is 0.150 e. The van der Waals surface area contributed by atoms with Crippen molar-refractivity contribution in [3.63, 3.8) is 0 Å². The molecule has 0 unspecified atom stereocenters. The van der Waals surface area contributed by atoms with Crippen molar-refractivity contribution < 1.29 is 9.90 Å². The number of hydrogen-bond acceptors (Lipinski definition) is 5. The van der Waals surface area contributed by atoms with Crippen molar-refractivity contribution in [2.75, 3.05) is 31.1 Å². The largest absolute Gasteiger partial charge is 0.396 e. The highest BCUT2D eigenvalue weighted by Crippen LogP contribution is 2.40. The number of aliphatic hydroxyl groups excluding tert-OH is 1. The zero-order valence-electron chi connectivity index (χ0n) is 21.9. The van der Waals surface area contributed by atoms with Crippen molar-refractivity contribution >= 4 is 22.9 Å². The van der Waals surface area contributed by atoms with E-state index in [0.29, 0.717) is 11.6 Å². The van der Waals surface area contributed by atoms with Gasteiger partial charge in [-0.25, -0.2) is 0 Å². The second kappa shape index (κ2) is 10.9. The van der Waals surface area contributed by atoms with Gasteiger partial charge in [0.25, 0.3) is 0 Å². The summed E-state index contributed by atoms with van der Waals surface area (Å²) in [6.07, 6.45) is 4.77. The standard InChI is InChI=1S/C30H38N4O2/c1-5-22-16-23(19-36)26(17-28(22)34-12-9-24(10-13-34)32-11-6-14-35)30(3,4)29-20(2)25-8-7-21(18-31)15-27(25)33-29/h7-8,15-17,19,24,32-33,35H,5-6,9-14H2,1-4H3. The first-order valence-electron chi connectivity index (χ1n) is 13.1. The van der Waals surface area contributed by atoms with Gasteiger partial charge in [-0.05, 0) is 80.1 Å². The number of H-pyrrole nitrogens is 1. The van der Waals surface area contributed by atoms with E-state index in [2.05, 4.69) is 61.1 Å². The number of hydrogen-bond donors (Lipinski definition) is 3. The minimum Gasteiger partial charge on any atom is -0.396 e. The molecule has 1 aromatic heterocycles. The Morgan fingerprint density at radius 1 is 1.25 bits per heavy atom. The SMILES string of the molecule is CCc1cc(C=O)c(C(C)(C)c2[nH]c3cc(C#N)ccc3c2C)cc1N1CCC(NCCCO)CC1. The molecule has 0 amide bonds. The van der Waals surface area contributed by atoms with E-state index in [1.807, 2.05) is 18.2 Å². The van der Waals surface area contributed by atoms with Gasteiger partial charge in [0, 0.05) is 59.0 Å². The van der Waals surface area contributed by atoms with Crippen LogP contribution in [0.1, 0.15) is 78.3 Å². The van der Waals surface area contributed by atoms with Crippen LogP contribution in [0, 0.1) is 18.3 Å². The Bertz CT molecular complexity index is 1280. The van der Waals surface area contributed by atoms with E-state index in [0.717, 1.165) is 84.9 Å². The molecule has 36 heavy (non-hydrogen) atoms.